The van der Waals surface area contributed by atoms with Crippen molar-refractivity contribution in [3.05, 3.63) is 72.1 Å². The standard InChI is InChI=1S/C17H11F4N3O2.Ac/c18-13-3-1-10(7-15(13)25)16(26)23-11-2-4-14(24-6-5-22-9-24)12(8-11)17(19,20)21;/h1-9,25H,(H,23,26);. The predicted molar refractivity (Wildman–Crippen MR) is 84.6 cm³/mol. The Bertz CT molecular complexity index is 959. The molecule has 137 valence electrons. The molecule has 1 aromatic heterocycles. The minimum atomic E-state index is -4.66. The fourth-order valence-electron chi connectivity index (χ4n) is 2.32. The number of nitrogens with zero attached hydrogens (tertiary/aromatic N) is 2. The fourth-order valence-corrected chi connectivity index (χ4v) is 2.32. The molecule has 0 aliphatic carbocycles. The van der Waals surface area contributed by atoms with Crippen LogP contribution in [0.2, 0.25) is 0 Å². The molecule has 3 rings (SSSR count). The third-order valence-electron chi connectivity index (χ3n) is 3.55. The van der Waals surface area contributed by atoms with E-state index in [2.05, 4.69) is 10.3 Å². The zero-order valence-electron chi connectivity index (χ0n) is 13.5. The van der Waals surface area contributed by atoms with Gasteiger partial charge in [0.15, 0.2) is 11.6 Å². The number of amides is 1. The summed E-state index contributed by atoms with van der Waals surface area (Å²) in [5.41, 5.74) is -1.31. The zero-order chi connectivity index (χ0) is 18.9. The van der Waals surface area contributed by atoms with E-state index in [9.17, 15) is 27.5 Å². The Labute approximate surface area is 186 Å². The van der Waals surface area contributed by atoms with Gasteiger partial charge >= 0.3 is 6.18 Å². The number of hydrogen-bond acceptors (Lipinski definition) is 3. The van der Waals surface area contributed by atoms with Crippen molar-refractivity contribution in [1.82, 2.24) is 9.55 Å². The van der Waals surface area contributed by atoms with E-state index in [0.717, 1.165) is 24.3 Å². The fraction of sp³-hybridized carbons (Fsp3) is 0.0588. The number of aromatic nitrogens is 2. The summed E-state index contributed by atoms with van der Waals surface area (Å²) in [6, 6.07) is 6.16. The zero-order valence-corrected chi connectivity index (χ0v) is 18.3. The van der Waals surface area contributed by atoms with E-state index in [0.29, 0.717) is 0 Å². The third kappa shape index (κ3) is 4.87. The molecule has 0 aliphatic heterocycles. The molecule has 3 aromatic rings. The van der Waals surface area contributed by atoms with Gasteiger partial charge < -0.3 is 15.0 Å². The third-order valence-corrected chi connectivity index (χ3v) is 3.55. The summed E-state index contributed by atoms with van der Waals surface area (Å²) in [6.45, 7) is 0. The first-order valence-corrected chi connectivity index (χ1v) is 7.25. The van der Waals surface area contributed by atoms with Crippen molar-refractivity contribution >= 4 is 11.6 Å². The number of halogens is 4. The van der Waals surface area contributed by atoms with Crippen molar-refractivity contribution in [2.24, 2.45) is 0 Å². The van der Waals surface area contributed by atoms with Crippen LogP contribution in [0.3, 0.4) is 0 Å². The number of phenols is 1. The summed E-state index contributed by atoms with van der Waals surface area (Å²) >= 11 is 0. The second-order valence-corrected chi connectivity index (χ2v) is 5.32. The van der Waals surface area contributed by atoms with Crippen LogP contribution in [0.1, 0.15) is 15.9 Å². The Kier molecular flexibility index (Phi) is 6.65. The summed E-state index contributed by atoms with van der Waals surface area (Å²) in [6.07, 6.45) is -0.723. The maximum Gasteiger partial charge on any atom is 0.418 e. The summed E-state index contributed by atoms with van der Waals surface area (Å²) in [5, 5.41) is 11.6. The Morgan fingerprint density at radius 3 is 2.48 bits per heavy atom. The van der Waals surface area contributed by atoms with Crippen LogP contribution < -0.4 is 5.32 Å². The molecule has 2 aromatic carbocycles. The van der Waals surface area contributed by atoms with Crippen molar-refractivity contribution in [1.29, 1.82) is 0 Å². The van der Waals surface area contributed by atoms with Crippen molar-refractivity contribution in [2.75, 3.05) is 5.32 Å². The molecule has 0 aliphatic rings. The van der Waals surface area contributed by atoms with Gasteiger partial charge in [0.25, 0.3) is 5.91 Å². The normalized spacial score (nSPS) is 11.0. The number of carbonyl (C=O) groups is 1. The number of carbonyl (C=O) groups excluding carboxylic acids is 1. The van der Waals surface area contributed by atoms with E-state index in [1.54, 1.807) is 0 Å². The van der Waals surface area contributed by atoms with Gasteiger partial charge in [0.2, 0.25) is 0 Å². The molecular weight excluding hydrogens is 581 g/mol. The van der Waals surface area contributed by atoms with Gasteiger partial charge in [0.1, 0.15) is 0 Å². The molecule has 10 heteroatoms. The van der Waals surface area contributed by atoms with Crippen LogP contribution in [0.15, 0.2) is 55.1 Å². The van der Waals surface area contributed by atoms with Crippen LogP contribution >= 0.6 is 0 Å². The molecule has 0 unspecified atom stereocenters. The van der Waals surface area contributed by atoms with Gasteiger partial charge in [-0.1, -0.05) is 0 Å². The van der Waals surface area contributed by atoms with Crippen LogP contribution in [0.25, 0.3) is 5.69 Å². The summed E-state index contributed by atoms with van der Waals surface area (Å²) in [4.78, 5) is 15.8. The van der Waals surface area contributed by atoms with Gasteiger partial charge in [-0.2, -0.15) is 13.2 Å². The van der Waals surface area contributed by atoms with Crippen LogP contribution in [0.5, 0.6) is 5.75 Å². The minimum absolute atomic E-state index is 0. The number of anilines is 1. The first-order chi connectivity index (χ1) is 12.3. The predicted octanol–water partition coefficient (Wildman–Crippen LogP) is 3.99. The van der Waals surface area contributed by atoms with E-state index in [4.69, 9.17) is 0 Å². The van der Waals surface area contributed by atoms with Crippen molar-refractivity contribution in [2.45, 2.75) is 6.18 Å². The largest absolute Gasteiger partial charge is 0.505 e. The summed E-state index contributed by atoms with van der Waals surface area (Å²) < 4.78 is 54.3. The van der Waals surface area contributed by atoms with Gasteiger partial charge in [0.05, 0.1) is 17.6 Å². The Morgan fingerprint density at radius 1 is 1.15 bits per heavy atom. The van der Waals surface area contributed by atoms with Gasteiger partial charge in [-0.15, -0.1) is 0 Å². The molecule has 2 N–H and O–H groups in total. The number of benzene rings is 2. The molecule has 0 saturated carbocycles. The maximum absolute atomic E-state index is 13.4. The summed E-state index contributed by atoms with van der Waals surface area (Å²) in [5.74, 6) is -2.43. The topological polar surface area (TPSA) is 67.2 Å². The molecule has 0 atom stereocenters. The second-order valence-electron chi connectivity index (χ2n) is 5.32. The number of aromatic hydroxyl groups is 1. The average molecular weight is 592 g/mol. The molecule has 0 saturated heterocycles. The number of rotatable bonds is 3. The minimum Gasteiger partial charge on any atom is -0.505 e. The molecular formula is C17H11AcF4N3O2. The first kappa shape index (κ1) is 21.4. The van der Waals surface area contributed by atoms with Crippen molar-refractivity contribution in [3.63, 3.8) is 0 Å². The van der Waals surface area contributed by atoms with Crippen LogP contribution in [-0.2, 0) is 6.18 Å². The SMILES string of the molecule is O=C(Nc1ccc(-n2ccnc2)c(C(F)(F)F)c1)c1ccc(F)c(O)c1.[Ac]. The molecule has 0 spiro atoms. The molecule has 5 nitrogen and oxygen atoms in total. The first-order valence-electron chi connectivity index (χ1n) is 7.25. The second kappa shape index (κ2) is 8.40. The van der Waals surface area contributed by atoms with E-state index in [1.807, 2.05) is 0 Å². The molecule has 1 heterocycles. The van der Waals surface area contributed by atoms with E-state index >= 15 is 0 Å². The van der Waals surface area contributed by atoms with Gasteiger partial charge in [-0.25, -0.2) is 9.37 Å². The van der Waals surface area contributed by atoms with E-state index in [1.165, 1.54) is 35.4 Å². The van der Waals surface area contributed by atoms with Crippen LogP contribution in [0, 0.1) is 49.9 Å². The quantitative estimate of drug-likeness (QED) is 0.453. The van der Waals surface area contributed by atoms with Crippen molar-refractivity contribution in [3.8, 4) is 11.4 Å². The molecule has 1 radical (unpaired) electrons. The Morgan fingerprint density at radius 2 is 1.89 bits per heavy atom. The van der Waals surface area contributed by atoms with Crippen LogP contribution in [0.4, 0.5) is 23.2 Å². The van der Waals surface area contributed by atoms with Crippen molar-refractivity contribution < 1.29 is 71.5 Å². The molecule has 0 fully saturated rings. The van der Waals surface area contributed by atoms with Gasteiger partial charge in [-0.3, -0.25) is 4.79 Å². The number of hydrogen-bond donors (Lipinski definition) is 2. The molecule has 27 heavy (non-hydrogen) atoms. The molecule has 1 amide bonds. The van der Waals surface area contributed by atoms with Gasteiger partial charge in [-0.05, 0) is 36.4 Å². The number of alkyl halides is 3. The number of imidazole rings is 1. The average Bonchev–Trinajstić information content (AvgIpc) is 3.11. The number of phenolic OH excluding ortho intramolecular Hbond substituents is 1. The van der Waals surface area contributed by atoms with E-state index in [-0.39, 0.29) is 61.0 Å². The number of nitrogens with one attached hydrogen (secondary N) is 1. The van der Waals surface area contributed by atoms with Gasteiger partial charge in [0, 0.05) is 67.7 Å². The summed E-state index contributed by atoms with van der Waals surface area (Å²) in [7, 11) is 0. The Hall–Kier alpha value is -1.92. The molecule has 0 bridgehead atoms. The smallest absolute Gasteiger partial charge is 0.418 e. The maximum atomic E-state index is 13.4. The monoisotopic (exact) mass is 592 g/mol. The Balaban J connectivity index is 0.00000261. The van der Waals surface area contributed by atoms with E-state index < -0.39 is 29.2 Å². The van der Waals surface area contributed by atoms with Crippen LogP contribution in [-0.4, -0.2) is 20.6 Å².